The molecule has 202 valence electrons. The number of carbonyl (C=O) groups is 3. The fraction of sp³-hybridized carbons (Fsp3) is 0.633. The highest BCUT2D eigenvalue weighted by Crippen LogP contribution is 2.74. The van der Waals surface area contributed by atoms with Crippen molar-refractivity contribution in [3.8, 4) is 0 Å². The largest absolute Gasteiger partial charge is 0.481 e. The van der Waals surface area contributed by atoms with Crippen LogP contribution in [0.25, 0.3) is 0 Å². The van der Waals surface area contributed by atoms with E-state index < -0.39 is 33.6 Å². The number of anilines is 1. The third kappa shape index (κ3) is 3.00. The number of rotatable bonds is 4. The number of hydrogen-bond acceptors (Lipinski definition) is 5. The maximum Gasteiger partial charge on any atom is 0.309 e. The number of amides is 2. The molecule has 1 spiro atoms. The maximum atomic E-state index is 14.3. The first kappa shape index (κ1) is 25.3. The highest BCUT2D eigenvalue weighted by molar-refractivity contribution is 6.23. The number of nitro groups is 1. The number of fused-ring (bicyclic) bond motifs is 1. The maximum absolute atomic E-state index is 14.3. The van der Waals surface area contributed by atoms with Crippen LogP contribution < -0.4 is 4.90 Å². The molecular formula is C30H36N2O6. The van der Waals surface area contributed by atoms with Crippen molar-refractivity contribution < 1.29 is 24.4 Å². The molecule has 4 fully saturated rings. The van der Waals surface area contributed by atoms with Crippen LogP contribution >= 0.6 is 0 Å². The minimum Gasteiger partial charge on any atom is -0.481 e. The van der Waals surface area contributed by atoms with Gasteiger partial charge in [0.2, 0.25) is 11.8 Å². The Bertz CT molecular complexity index is 1300. The summed E-state index contributed by atoms with van der Waals surface area (Å²) in [7, 11) is 0. The molecule has 8 nitrogen and oxygen atoms in total. The molecule has 5 aliphatic carbocycles. The minimum atomic E-state index is -0.792. The summed E-state index contributed by atoms with van der Waals surface area (Å²) >= 11 is 0. The molecule has 1 heterocycles. The van der Waals surface area contributed by atoms with Gasteiger partial charge in [-0.15, -0.1) is 0 Å². The number of hydrogen-bond donors (Lipinski definition) is 1. The van der Waals surface area contributed by atoms with Gasteiger partial charge < -0.3 is 5.11 Å². The van der Waals surface area contributed by atoms with E-state index in [9.17, 15) is 29.6 Å². The molecule has 0 radical (unpaired) electrons. The predicted octanol–water partition coefficient (Wildman–Crippen LogP) is 5.61. The topological polar surface area (TPSA) is 118 Å². The fourth-order valence-electron chi connectivity index (χ4n) is 9.96. The third-order valence-electron chi connectivity index (χ3n) is 11.5. The lowest BCUT2D eigenvalue weighted by molar-refractivity contribution is -0.384. The number of aliphatic carboxylic acids is 1. The van der Waals surface area contributed by atoms with Crippen LogP contribution in [0.5, 0.6) is 0 Å². The van der Waals surface area contributed by atoms with Crippen LogP contribution in [0.1, 0.15) is 66.2 Å². The van der Waals surface area contributed by atoms with Crippen LogP contribution in [0.4, 0.5) is 11.4 Å². The van der Waals surface area contributed by atoms with Crippen molar-refractivity contribution >= 4 is 29.2 Å². The summed E-state index contributed by atoms with van der Waals surface area (Å²) < 4.78 is 0. The number of carboxylic acid groups (broad SMARTS) is 1. The molecule has 1 N–H and O–H groups in total. The normalized spacial score (nSPS) is 41.4. The number of carbonyl (C=O) groups excluding carboxylic acids is 2. The first-order valence-electron chi connectivity index (χ1n) is 13.9. The van der Waals surface area contributed by atoms with E-state index in [-0.39, 0.29) is 52.3 Å². The van der Waals surface area contributed by atoms with Crippen molar-refractivity contribution in [1.29, 1.82) is 0 Å². The number of allylic oxidation sites excluding steroid dienone is 2. The van der Waals surface area contributed by atoms with Crippen molar-refractivity contribution in [2.24, 2.45) is 51.8 Å². The van der Waals surface area contributed by atoms with Crippen molar-refractivity contribution in [3.05, 3.63) is 46.0 Å². The molecule has 38 heavy (non-hydrogen) atoms. The van der Waals surface area contributed by atoms with E-state index in [4.69, 9.17) is 0 Å². The van der Waals surface area contributed by atoms with Gasteiger partial charge in [-0.1, -0.05) is 44.9 Å². The first-order valence-corrected chi connectivity index (χ1v) is 13.9. The van der Waals surface area contributed by atoms with Crippen LogP contribution in [0.15, 0.2) is 35.9 Å². The van der Waals surface area contributed by atoms with Gasteiger partial charge in [0.1, 0.15) is 0 Å². The number of non-ortho nitro benzene ring substituents is 1. The number of nitro benzene ring substituents is 1. The van der Waals surface area contributed by atoms with E-state index in [1.54, 1.807) is 6.07 Å². The van der Waals surface area contributed by atoms with Gasteiger partial charge in [0.15, 0.2) is 0 Å². The van der Waals surface area contributed by atoms with E-state index in [0.29, 0.717) is 19.3 Å². The Balaban J connectivity index is 1.48. The molecule has 2 bridgehead atoms. The van der Waals surface area contributed by atoms with Gasteiger partial charge in [-0.05, 0) is 74.2 Å². The van der Waals surface area contributed by atoms with Crippen molar-refractivity contribution in [2.45, 2.75) is 66.2 Å². The SMILES string of the molecule is CC(C)C1=C[C@]23CC[C@@H]4[C@](C)(CCC[C@@]4(C)C(=O)O)[C@@H]2C[C@@H]1[C@H]1C(=O)N(c2cccc([N+](=O)[O-])c2)C(=O)[C@H]13. The monoisotopic (exact) mass is 520 g/mol. The summed E-state index contributed by atoms with van der Waals surface area (Å²) in [6.45, 7) is 8.44. The molecule has 2 amide bonds. The van der Waals surface area contributed by atoms with Gasteiger partial charge in [0, 0.05) is 17.5 Å². The van der Waals surface area contributed by atoms with Crippen LogP contribution in [0, 0.1) is 61.9 Å². The Labute approximate surface area is 222 Å². The third-order valence-corrected chi connectivity index (χ3v) is 11.5. The van der Waals surface area contributed by atoms with Crippen LogP contribution in [-0.4, -0.2) is 27.8 Å². The molecule has 1 saturated heterocycles. The first-order chi connectivity index (χ1) is 17.9. The highest BCUT2D eigenvalue weighted by atomic mass is 16.6. The molecule has 1 aliphatic heterocycles. The zero-order chi connectivity index (χ0) is 27.4. The summed E-state index contributed by atoms with van der Waals surface area (Å²) in [5.74, 6) is -1.95. The molecule has 3 saturated carbocycles. The molecule has 1 aromatic carbocycles. The van der Waals surface area contributed by atoms with Gasteiger partial charge in [0.05, 0.1) is 27.9 Å². The Morgan fingerprint density at radius 2 is 1.87 bits per heavy atom. The highest BCUT2D eigenvalue weighted by Gasteiger charge is 2.73. The second kappa shape index (κ2) is 7.99. The average Bonchev–Trinajstić information content (AvgIpc) is 3.15. The van der Waals surface area contributed by atoms with Crippen molar-refractivity contribution in [2.75, 3.05) is 4.90 Å². The fourth-order valence-corrected chi connectivity index (χ4v) is 9.96. The lowest BCUT2D eigenvalue weighted by Gasteiger charge is -2.68. The Kier molecular flexibility index (Phi) is 5.31. The summed E-state index contributed by atoms with van der Waals surface area (Å²) in [6, 6.07) is 5.80. The molecule has 0 unspecified atom stereocenters. The van der Waals surface area contributed by atoms with Crippen LogP contribution in [0.3, 0.4) is 0 Å². The van der Waals surface area contributed by atoms with Crippen LogP contribution in [0.2, 0.25) is 0 Å². The number of nitrogens with zero attached hydrogens (tertiary/aromatic N) is 2. The molecular weight excluding hydrogens is 484 g/mol. The molecule has 8 atom stereocenters. The number of imide groups is 1. The van der Waals surface area contributed by atoms with E-state index in [0.717, 1.165) is 19.3 Å². The minimum absolute atomic E-state index is 0.0191. The second-order valence-electron chi connectivity index (χ2n) is 13.3. The Morgan fingerprint density at radius 3 is 2.53 bits per heavy atom. The Hall–Kier alpha value is -3.03. The van der Waals surface area contributed by atoms with Gasteiger partial charge in [-0.2, -0.15) is 0 Å². The van der Waals surface area contributed by atoms with E-state index >= 15 is 0 Å². The Morgan fingerprint density at radius 1 is 1.13 bits per heavy atom. The van der Waals surface area contributed by atoms with Crippen molar-refractivity contribution in [3.63, 3.8) is 0 Å². The summed E-state index contributed by atoms with van der Waals surface area (Å²) in [5, 5.41) is 21.7. The van der Waals surface area contributed by atoms with Gasteiger partial charge >= 0.3 is 5.97 Å². The van der Waals surface area contributed by atoms with Gasteiger partial charge in [-0.3, -0.25) is 24.5 Å². The van der Waals surface area contributed by atoms with Crippen molar-refractivity contribution in [1.82, 2.24) is 0 Å². The predicted molar refractivity (Wildman–Crippen MR) is 140 cm³/mol. The van der Waals surface area contributed by atoms with E-state index in [1.165, 1.54) is 28.7 Å². The molecule has 6 aliphatic rings. The molecule has 1 aromatic rings. The summed E-state index contributed by atoms with van der Waals surface area (Å²) in [6.07, 6.45) is 6.97. The molecule has 7 rings (SSSR count). The molecule has 8 heteroatoms. The standard InChI is InChI=1S/C30H36N2O6/c1-16(2)20-15-30-12-9-21-28(3,10-6-11-29(21,4)27(35)36)22(30)14-19(20)23-24(30)26(34)31(25(23)33)17-7-5-8-18(13-17)32(37)38/h5,7-8,13,15-16,19,21-24H,6,9-12,14H2,1-4H3,(H,35,36)/t19-,21+,22-,23+,24-,28-,29+,30+/m0/s1. The quantitative estimate of drug-likeness (QED) is 0.239. The summed E-state index contributed by atoms with van der Waals surface area (Å²) in [4.78, 5) is 53.0. The van der Waals surface area contributed by atoms with E-state index in [2.05, 4.69) is 26.8 Å². The number of benzene rings is 1. The zero-order valence-electron chi connectivity index (χ0n) is 22.5. The summed E-state index contributed by atoms with van der Waals surface area (Å²) in [5.41, 5.74) is -0.195. The average molecular weight is 521 g/mol. The smallest absolute Gasteiger partial charge is 0.309 e. The number of carboxylic acids is 1. The van der Waals surface area contributed by atoms with E-state index in [1.807, 2.05) is 6.92 Å². The second-order valence-corrected chi connectivity index (χ2v) is 13.3. The zero-order valence-corrected chi connectivity index (χ0v) is 22.5. The lowest BCUT2D eigenvalue weighted by Crippen LogP contribution is -2.65. The lowest BCUT2D eigenvalue weighted by atomic mass is 9.34. The van der Waals surface area contributed by atoms with Gasteiger partial charge in [0.25, 0.3) is 5.69 Å². The molecule has 0 aromatic heterocycles. The van der Waals surface area contributed by atoms with Crippen LogP contribution in [-0.2, 0) is 14.4 Å². The van der Waals surface area contributed by atoms with Gasteiger partial charge in [-0.25, -0.2) is 4.90 Å².